The summed E-state index contributed by atoms with van der Waals surface area (Å²) in [6.07, 6.45) is 2.56. The Morgan fingerprint density at radius 3 is 2.76 bits per heavy atom. The van der Waals surface area contributed by atoms with Gasteiger partial charge in [0.25, 0.3) is 5.91 Å². The smallest absolute Gasteiger partial charge is 0.260 e. The molecule has 1 aromatic heterocycles. The largest absolute Gasteiger partial charge is 0.354 e. The maximum Gasteiger partial charge on any atom is 0.260 e. The van der Waals surface area contributed by atoms with Crippen LogP contribution in [0.4, 0.5) is 9.52 Å². The van der Waals surface area contributed by atoms with Gasteiger partial charge in [-0.3, -0.25) is 19.8 Å². The second-order valence-corrected chi connectivity index (χ2v) is 8.48. The number of hydrogen-bond acceptors (Lipinski definition) is 5. The molecule has 6 nitrogen and oxygen atoms in total. The summed E-state index contributed by atoms with van der Waals surface area (Å²) in [5, 5.41) is 7.62. The molecule has 1 atom stereocenters. The van der Waals surface area contributed by atoms with E-state index in [1.54, 1.807) is 11.4 Å². The molecule has 1 aromatic carbocycles. The number of anilines is 1. The first kappa shape index (κ1) is 21.4. The van der Waals surface area contributed by atoms with Gasteiger partial charge in [0.05, 0.1) is 17.7 Å². The van der Waals surface area contributed by atoms with Gasteiger partial charge in [0.15, 0.2) is 5.13 Å². The SMILES string of the molecule is CC1CCN(C(C)CNC(=O)Cc2csc(NC(=O)c3ccccc3F)n2)CC1. The number of thiazole rings is 1. The Kier molecular flexibility index (Phi) is 7.33. The van der Waals surface area contributed by atoms with Crippen molar-refractivity contribution in [2.75, 3.05) is 25.0 Å². The zero-order valence-corrected chi connectivity index (χ0v) is 17.6. The maximum atomic E-state index is 13.7. The predicted molar refractivity (Wildman–Crippen MR) is 113 cm³/mol. The molecule has 0 bridgehead atoms. The fourth-order valence-corrected chi connectivity index (χ4v) is 4.05. The zero-order valence-electron chi connectivity index (χ0n) is 16.8. The predicted octanol–water partition coefficient (Wildman–Crippen LogP) is 3.31. The van der Waals surface area contributed by atoms with Gasteiger partial charge in [-0.15, -0.1) is 11.3 Å². The summed E-state index contributed by atoms with van der Waals surface area (Å²) in [6.45, 7) is 7.18. The van der Waals surface area contributed by atoms with Gasteiger partial charge in [0.1, 0.15) is 5.82 Å². The fourth-order valence-electron chi connectivity index (χ4n) is 3.34. The van der Waals surface area contributed by atoms with Crippen LogP contribution in [0.3, 0.4) is 0 Å². The lowest BCUT2D eigenvalue weighted by Crippen LogP contribution is -2.45. The van der Waals surface area contributed by atoms with Gasteiger partial charge < -0.3 is 5.32 Å². The summed E-state index contributed by atoms with van der Waals surface area (Å²) in [7, 11) is 0. The normalized spacial score (nSPS) is 16.4. The van der Waals surface area contributed by atoms with Crippen molar-refractivity contribution in [1.82, 2.24) is 15.2 Å². The Labute approximate surface area is 174 Å². The molecule has 2 heterocycles. The fraction of sp³-hybridized carbons (Fsp3) is 0.476. The van der Waals surface area contributed by atoms with Gasteiger partial charge in [0.2, 0.25) is 5.91 Å². The van der Waals surface area contributed by atoms with Gasteiger partial charge in [-0.05, 0) is 50.9 Å². The first-order valence-corrected chi connectivity index (χ1v) is 10.8. The summed E-state index contributed by atoms with van der Waals surface area (Å²) < 4.78 is 13.7. The maximum absolute atomic E-state index is 13.7. The highest BCUT2D eigenvalue weighted by Crippen LogP contribution is 2.19. The van der Waals surface area contributed by atoms with Crippen molar-refractivity contribution >= 4 is 28.3 Å². The van der Waals surface area contributed by atoms with E-state index in [4.69, 9.17) is 0 Å². The highest BCUT2D eigenvalue weighted by molar-refractivity contribution is 7.14. The Balaban J connectivity index is 1.45. The lowest BCUT2D eigenvalue weighted by Gasteiger charge is -2.35. The highest BCUT2D eigenvalue weighted by atomic mass is 32.1. The average molecular weight is 419 g/mol. The van der Waals surface area contributed by atoms with Crippen LogP contribution >= 0.6 is 11.3 Å². The second-order valence-electron chi connectivity index (χ2n) is 7.63. The van der Waals surface area contributed by atoms with Crippen molar-refractivity contribution in [1.29, 1.82) is 0 Å². The summed E-state index contributed by atoms with van der Waals surface area (Å²) >= 11 is 1.21. The van der Waals surface area contributed by atoms with Crippen molar-refractivity contribution in [3.8, 4) is 0 Å². The van der Waals surface area contributed by atoms with Crippen molar-refractivity contribution in [2.45, 2.75) is 39.2 Å². The van der Waals surface area contributed by atoms with Crippen molar-refractivity contribution in [3.63, 3.8) is 0 Å². The van der Waals surface area contributed by atoms with Crippen LogP contribution in [0.25, 0.3) is 0 Å². The van der Waals surface area contributed by atoms with Crippen LogP contribution in [0.2, 0.25) is 0 Å². The molecule has 1 fully saturated rings. The summed E-state index contributed by atoms with van der Waals surface area (Å²) in [5.41, 5.74) is 0.541. The number of halogens is 1. The Hall–Kier alpha value is -2.32. The zero-order chi connectivity index (χ0) is 20.8. The standard InChI is InChI=1S/C21H27FN4O2S/c1-14-7-9-26(10-8-14)15(2)12-23-19(27)11-16-13-29-21(24-16)25-20(28)17-5-3-4-6-18(17)22/h3-6,13-15H,7-12H2,1-2H3,(H,23,27)(H,24,25,28). The molecular formula is C21H27FN4O2S. The molecule has 2 amide bonds. The van der Waals surface area contributed by atoms with Gasteiger partial charge in [-0.2, -0.15) is 0 Å². The molecule has 1 aliphatic heterocycles. The van der Waals surface area contributed by atoms with Gasteiger partial charge in [-0.1, -0.05) is 19.1 Å². The minimum atomic E-state index is -0.585. The monoisotopic (exact) mass is 418 g/mol. The van der Waals surface area contributed by atoms with E-state index in [-0.39, 0.29) is 17.9 Å². The van der Waals surface area contributed by atoms with E-state index in [1.807, 2.05) is 0 Å². The number of amides is 2. The van der Waals surface area contributed by atoms with Crippen LogP contribution in [-0.4, -0.2) is 47.4 Å². The number of rotatable bonds is 7. The van der Waals surface area contributed by atoms with E-state index in [0.29, 0.717) is 23.4 Å². The molecule has 0 saturated carbocycles. The Morgan fingerprint density at radius 1 is 1.31 bits per heavy atom. The van der Waals surface area contributed by atoms with Gasteiger partial charge in [0, 0.05) is 18.0 Å². The molecule has 3 rings (SSSR count). The minimum absolute atomic E-state index is 0.0388. The Morgan fingerprint density at radius 2 is 2.03 bits per heavy atom. The number of nitrogens with one attached hydrogen (secondary N) is 2. The molecule has 0 radical (unpaired) electrons. The van der Waals surface area contributed by atoms with E-state index in [2.05, 4.69) is 34.4 Å². The lowest BCUT2D eigenvalue weighted by molar-refractivity contribution is -0.120. The number of nitrogens with zero attached hydrogens (tertiary/aromatic N) is 2. The van der Waals surface area contributed by atoms with Crippen LogP contribution in [0.1, 0.15) is 42.7 Å². The van der Waals surface area contributed by atoms with Gasteiger partial charge >= 0.3 is 0 Å². The van der Waals surface area contributed by atoms with Crippen molar-refractivity contribution < 1.29 is 14.0 Å². The number of carbonyl (C=O) groups is 2. The van der Waals surface area contributed by atoms with Crippen LogP contribution in [-0.2, 0) is 11.2 Å². The lowest BCUT2D eigenvalue weighted by atomic mass is 9.98. The van der Waals surface area contributed by atoms with Crippen molar-refractivity contribution in [3.05, 3.63) is 46.7 Å². The van der Waals surface area contributed by atoms with E-state index < -0.39 is 11.7 Å². The van der Waals surface area contributed by atoms with E-state index in [9.17, 15) is 14.0 Å². The first-order valence-electron chi connectivity index (χ1n) is 9.93. The number of hydrogen-bond donors (Lipinski definition) is 2. The number of carbonyl (C=O) groups excluding carboxylic acids is 2. The molecule has 0 spiro atoms. The Bertz CT molecular complexity index is 849. The van der Waals surface area contributed by atoms with E-state index in [1.165, 1.54) is 42.4 Å². The quantitative estimate of drug-likeness (QED) is 0.723. The molecule has 2 N–H and O–H groups in total. The van der Waals surface area contributed by atoms with Crippen molar-refractivity contribution in [2.24, 2.45) is 5.92 Å². The molecule has 29 heavy (non-hydrogen) atoms. The van der Waals surface area contributed by atoms with Gasteiger partial charge in [-0.25, -0.2) is 9.37 Å². The molecule has 0 aliphatic carbocycles. The highest BCUT2D eigenvalue weighted by Gasteiger charge is 2.21. The third-order valence-electron chi connectivity index (χ3n) is 5.27. The third kappa shape index (κ3) is 6.08. The summed E-state index contributed by atoms with van der Waals surface area (Å²) in [5.74, 6) is -0.457. The van der Waals surface area contributed by atoms with E-state index in [0.717, 1.165) is 19.0 Å². The average Bonchev–Trinajstić information content (AvgIpc) is 3.13. The molecular weight excluding hydrogens is 391 g/mol. The molecule has 8 heteroatoms. The van der Waals surface area contributed by atoms with E-state index >= 15 is 0 Å². The molecule has 156 valence electrons. The molecule has 1 saturated heterocycles. The number of likely N-dealkylation sites (tertiary alicyclic amines) is 1. The van der Waals surface area contributed by atoms with Crippen LogP contribution in [0.15, 0.2) is 29.6 Å². The third-order valence-corrected chi connectivity index (χ3v) is 6.08. The van der Waals surface area contributed by atoms with Crippen LogP contribution in [0.5, 0.6) is 0 Å². The number of benzene rings is 1. The summed E-state index contributed by atoms with van der Waals surface area (Å²) in [4.78, 5) is 31.1. The first-order chi connectivity index (χ1) is 13.9. The summed E-state index contributed by atoms with van der Waals surface area (Å²) in [6, 6.07) is 6.08. The number of piperidine rings is 1. The molecule has 1 unspecified atom stereocenters. The number of aromatic nitrogens is 1. The molecule has 2 aromatic rings. The van der Waals surface area contributed by atoms with Crippen LogP contribution < -0.4 is 10.6 Å². The topological polar surface area (TPSA) is 74.3 Å². The minimum Gasteiger partial charge on any atom is -0.354 e. The second kappa shape index (κ2) is 9.93. The van der Waals surface area contributed by atoms with Crippen LogP contribution in [0, 0.1) is 11.7 Å². The molecule has 1 aliphatic rings.